The fourth-order valence-corrected chi connectivity index (χ4v) is 3.83. The van der Waals surface area contributed by atoms with Crippen molar-refractivity contribution in [1.82, 2.24) is 4.98 Å². The van der Waals surface area contributed by atoms with Gasteiger partial charge in [0.15, 0.2) is 11.6 Å². The summed E-state index contributed by atoms with van der Waals surface area (Å²) < 4.78 is 34.2. The van der Waals surface area contributed by atoms with Gasteiger partial charge in [-0.1, -0.05) is 35.9 Å². The van der Waals surface area contributed by atoms with Gasteiger partial charge in [0.1, 0.15) is 23.0 Å². The highest BCUT2D eigenvalue weighted by Crippen LogP contribution is 2.29. The number of nitrogens with zero attached hydrogens (tertiary/aromatic N) is 1. The van der Waals surface area contributed by atoms with Gasteiger partial charge < -0.3 is 10.5 Å². The molecule has 146 valence electrons. The van der Waals surface area contributed by atoms with E-state index in [-0.39, 0.29) is 12.4 Å². The smallest absolute Gasteiger partial charge is 0.254 e. The summed E-state index contributed by atoms with van der Waals surface area (Å²) in [6.07, 6.45) is 0. The highest BCUT2D eigenvalue weighted by Gasteiger charge is 2.19. The number of amides is 1. The van der Waals surface area contributed by atoms with Crippen molar-refractivity contribution in [2.24, 2.45) is 5.73 Å². The van der Waals surface area contributed by atoms with E-state index in [1.54, 1.807) is 0 Å². The number of primary amides is 1. The van der Waals surface area contributed by atoms with Crippen LogP contribution in [0.4, 0.5) is 8.78 Å². The molecule has 2 N–H and O–H groups in total. The number of rotatable bonds is 5. The molecule has 0 aliphatic heterocycles. The van der Waals surface area contributed by atoms with E-state index >= 15 is 0 Å². The van der Waals surface area contributed by atoms with Gasteiger partial charge in [-0.05, 0) is 42.3 Å². The second-order valence-corrected chi connectivity index (χ2v) is 7.66. The van der Waals surface area contributed by atoms with Gasteiger partial charge in [-0.25, -0.2) is 13.8 Å². The zero-order valence-electron chi connectivity index (χ0n) is 15.4. The number of aromatic nitrogens is 1. The van der Waals surface area contributed by atoms with Gasteiger partial charge in [-0.2, -0.15) is 0 Å². The Labute approximate surface area is 169 Å². The number of halogens is 2. The van der Waals surface area contributed by atoms with Crippen LogP contribution < -0.4 is 10.5 Å². The number of hydrogen-bond donors (Lipinski definition) is 1. The number of carbonyl (C=O) groups is 1. The maximum Gasteiger partial charge on any atom is 0.254 e. The zero-order valence-corrected chi connectivity index (χ0v) is 16.2. The Kier molecular flexibility index (Phi) is 4.98. The summed E-state index contributed by atoms with van der Waals surface area (Å²) in [5.74, 6) is -3.57. The Morgan fingerprint density at radius 1 is 1.07 bits per heavy atom. The zero-order chi connectivity index (χ0) is 20.5. The van der Waals surface area contributed by atoms with Crippen molar-refractivity contribution < 1.29 is 18.3 Å². The molecule has 29 heavy (non-hydrogen) atoms. The number of thiazole rings is 1. The molecule has 4 rings (SSSR count). The molecule has 0 saturated heterocycles. The SMILES string of the molecule is Cc1ccc(-c2ccc3sc(COc4ccc(F)c(C(N)=O)c4F)nc3c2)cc1. The van der Waals surface area contributed by atoms with Gasteiger partial charge >= 0.3 is 0 Å². The molecular weight excluding hydrogens is 394 g/mol. The van der Waals surface area contributed by atoms with Gasteiger partial charge in [0.2, 0.25) is 0 Å². The normalized spacial score (nSPS) is 11.0. The van der Waals surface area contributed by atoms with Gasteiger partial charge in [-0.3, -0.25) is 4.79 Å². The van der Waals surface area contributed by atoms with E-state index in [4.69, 9.17) is 10.5 Å². The van der Waals surface area contributed by atoms with E-state index in [9.17, 15) is 13.6 Å². The minimum Gasteiger partial charge on any atom is -0.483 e. The van der Waals surface area contributed by atoms with Crippen molar-refractivity contribution in [1.29, 1.82) is 0 Å². The summed E-state index contributed by atoms with van der Waals surface area (Å²) in [4.78, 5) is 15.8. The standard InChI is InChI=1S/C22H16F2N2O2S/c1-12-2-4-13(5-3-12)14-6-9-18-16(10-14)26-19(29-18)11-28-17-8-7-15(23)20(21(17)24)22(25)27/h2-10H,11H2,1H3,(H2,25,27). The molecule has 0 saturated carbocycles. The summed E-state index contributed by atoms with van der Waals surface area (Å²) in [6.45, 7) is 2.02. The number of ether oxygens (including phenoxy) is 1. The molecule has 4 aromatic rings. The van der Waals surface area contributed by atoms with Crippen LogP contribution in [0, 0.1) is 18.6 Å². The summed E-state index contributed by atoms with van der Waals surface area (Å²) in [7, 11) is 0. The summed E-state index contributed by atoms with van der Waals surface area (Å²) in [5, 5.41) is 0.630. The lowest BCUT2D eigenvalue weighted by molar-refractivity contribution is 0.0991. The summed E-state index contributed by atoms with van der Waals surface area (Å²) in [6, 6.07) is 16.3. The fourth-order valence-electron chi connectivity index (χ4n) is 2.97. The van der Waals surface area contributed by atoms with Crippen LogP contribution in [0.15, 0.2) is 54.6 Å². The lowest BCUT2D eigenvalue weighted by Crippen LogP contribution is -2.16. The van der Waals surface area contributed by atoms with E-state index in [0.717, 1.165) is 33.5 Å². The molecule has 0 aliphatic rings. The van der Waals surface area contributed by atoms with Crippen LogP contribution in [-0.4, -0.2) is 10.9 Å². The van der Waals surface area contributed by atoms with E-state index < -0.39 is 23.1 Å². The minimum absolute atomic E-state index is 0.0139. The Hall–Kier alpha value is -3.32. The van der Waals surface area contributed by atoms with Gasteiger partial charge in [0.05, 0.1) is 10.2 Å². The molecule has 1 amide bonds. The molecule has 1 heterocycles. The second kappa shape index (κ2) is 7.60. The lowest BCUT2D eigenvalue weighted by atomic mass is 10.0. The van der Waals surface area contributed by atoms with Crippen molar-refractivity contribution in [2.75, 3.05) is 0 Å². The average molecular weight is 410 g/mol. The second-order valence-electron chi connectivity index (χ2n) is 6.54. The molecule has 4 nitrogen and oxygen atoms in total. The molecule has 0 radical (unpaired) electrons. The molecule has 0 bridgehead atoms. The number of nitrogens with two attached hydrogens (primary N) is 1. The van der Waals surface area contributed by atoms with E-state index in [1.165, 1.54) is 16.9 Å². The molecule has 0 aliphatic carbocycles. The maximum atomic E-state index is 14.3. The molecule has 0 atom stereocenters. The highest BCUT2D eigenvalue weighted by atomic mass is 32.1. The van der Waals surface area contributed by atoms with Crippen molar-refractivity contribution in [2.45, 2.75) is 13.5 Å². The van der Waals surface area contributed by atoms with Crippen LogP contribution in [-0.2, 0) is 6.61 Å². The van der Waals surface area contributed by atoms with Gasteiger partial charge in [0, 0.05) is 0 Å². The fraction of sp³-hybridized carbons (Fsp3) is 0.0909. The predicted molar refractivity (Wildman–Crippen MR) is 109 cm³/mol. The Morgan fingerprint density at radius 2 is 1.79 bits per heavy atom. The minimum atomic E-state index is -1.19. The monoisotopic (exact) mass is 410 g/mol. The van der Waals surface area contributed by atoms with Crippen LogP contribution in [0.2, 0.25) is 0 Å². The number of hydrogen-bond acceptors (Lipinski definition) is 4. The van der Waals surface area contributed by atoms with Crippen LogP contribution in [0.1, 0.15) is 20.9 Å². The third-order valence-electron chi connectivity index (χ3n) is 4.47. The summed E-state index contributed by atoms with van der Waals surface area (Å²) >= 11 is 1.42. The van der Waals surface area contributed by atoms with E-state index in [2.05, 4.69) is 29.2 Å². The Bertz CT molecular complexity index is 1220. The Morgan fingerprint density at radius 3 is 2.52 bits per heavy atom. The first kappa shape index (κ1) is 19.0. The topological polar surface area (TPSA) is 65.2 Å². The molecule has 0 spiro atoms. The van der Waals surface area contributed by atoms with Crippen molar-refractivity contribution >= 4 is 27.5 Å². The Balaban J connectivity index is 1.57. The van der Waals surface area contributed by atoms with E-state index in [1.807, 2.05) is 25.1 Å². The average Bonchev–Trinajstić information content (AvgIpc) is 3.10. The van der Waals surface area contributed by atoms with Crippen LogP contribution in [0.5, 0.6) is 5.75 Å². The van der Waals surface area contributed by atoms with Crippen LogP contribution in [0.3, 0.4) is 0 Å². The molecule has 1 aromatic heterocycles. The first-order valence-corrected chi connectivity index (χ1v) is 9.61. The van der Waals surface area contributed by atoms with Crippen LogP contribution in [0.25, 0.3) is 21.3 Å². The molecule has 3 aromatic carbocycles. The van der Waals surface area contributed by atoms with E-state index in [0.29, 0.717) is 5.01 Å². The first-order valence-electron chi connectivity index (χ1n) is 8.79. The van der Waals surface area contributed by atoms with Gasteiger partial charge in [-0.15, -0.1) is 11.3 Å². The number of benzene rings is 3. The van der Waals surface area contributed by atoms with Crippen molar-refractivity contribution in [3.8, 4) is 16.9 Å². The number of fused-ring (bicyclic) bond motifs is 1. The maximum absolute atomic E-state index is 14.3. The number of aryl methyl sites for hydroxylation is 1. The predicted octanol–water partition coefficient (Wildman–Crippen LogP) is 5.23. The lowest BCUT2D eigenvalue weighted by Gasteiger charge is -2.08. The molecular formula is C22H16F2N2O2S. The van der Waals surface area contributed by atoms with Gasteiger partial charge in [0.25, 0.3) is 5.91 Å². The molecule has 0 unspecified atom stereocenters. The number of carbonyl (C=O) groups excluding carboxylic acids is 1. The summed E-state index contributed by atoms with van der Waals surface area (Å²) in [5.41, 5.74) is 8.36. The van der Waals surface area contributed by atoms with Crippen molar-refractivity contribution in [3.05, 3.63) is 82.4 Å². The quantitative estimate of drug-likeness (QED) is 0.490. The molecule has 0 fully saturated rings. The third kappa shape index (κ3) is 3.82. The van der Waals surface area contributed by atoms with Crippen molar-refractivity contribution in [3.63, 3.8) is 0 Å². The first-order chi connectivity index (χ1) is 13.9. The highest BCUT2D eigenvalue weighted by molar-refractivity contribution is 7.18. The largest absolute Gasteiger partial charge is 0.483 e. The third-order valence-corrected chi connectivity index (χ3v) is 5.48. The van der Waals surface area contributed by atoms with Crippen LogP contribution >= 0.6 is 11.3 Å². The molecule has 7 heteroatoms.